The summed E-state index contributed by atoms with van der Waals surface area (Å²) in [6.07, 6.45) is 1.30. The molecule has 1 aliphatic heterocycles. The maximum absolute atomic E-state index is 12.6. The molecule has 0 radical (unpaired) electrons. The van der Waals surface area contributed by atoms with E-state index in [1.807, 2.05) is 26.0 Å². The van der Waals surface area contributed by atoms with Crippen LogP contribution < -0.4 is 10.0 Å². The van der Waals surface area contributed by atoms with E-state index in [1.165, 1.54) is 6.07 Å². The molecule has 3 rings (SSSR count). The maximum Gasteiger partial charge on any atom is 0.261 e. The van der Waals surface area contributed by atoms with Crippen LogP contribution in [0.1, 0.15) is 25.8 Å². The quantitative estimate of drug-likeness (QED) is 0.849. The fourth-order valence-electron chi connectivity index (χ4n) is 2.62. The third-order valence-electron chi connectivity index (χ3n) is 3.95. The van der Waals surface area contributed by atoms with Crippen molar-refractivity contribution in [2.45, 2.75) is 41.7 Å². The highest BCUT2D eigenvalue weighted by atomic mass is 32.2. The Labute approximate surface area is 152 Å². The lowest BCUT2D eigenvalue weighted by Gasteiger charge is -2.12. The van der Waals surface area contributed by atoms with Crippen LogP contribution in [0.3, 0.4) is 0 Å². The molecular weight excluding hydrogens is 356 g/mol. The average molecular weight is 377 g/mol. The molecule has 0 bridgehead atoms. The van der Waals surface area contributed by atoms with Gasteiger partial charge >= 0.3 is 0 Å². The molecule has 0 aromatic heterocycles. The fraction of sp³-hybridized carbons (Fsp3) is 0.278. The molecule has 0 spiro atoms. The number of amides is 1. The van der Waals surface area contributed by atoms with Gasteiger partial charge in [0.1, 0.15) is 0 Å². The predicted molar refractivity (Wildman–Crippen MR) is 102 cm³/mol. The van der Waals surface area contributed by atoms with Crippen molar-refractivity contribution in [1.82, 2.24) is 0 Å². The number of aryl methyl sites for hydroxylation is 1. The molecule has 5 nitrogen and oxygen atoms in total. The van der Waals surface area contributed by atoms with Crippen LogP contribution in [0.25, 0.3) is 0 Å². The Hall–Kier alpha value is -1.99. The Morgan fingerprint density at radius 1 is 1.20 bits per heavy atom. The van der Waals surface area contributed by atoms with Crippen LogP contribution in [0.15, 0.2) is 52.3 Å². The summed E-state index contributed by atoms with van der Waals surface area (Å²) in [6, 6.07) is 12.1. The van der Waals surface area contributed by atoms with Crippen molar-refractivity contribution < 1.29 is 13.2 Å². The summed E-state index contributed by atoms with van der Waals surface area (Å²) >= 11 is 1.57. The molecule has 25 heavy (non-hydrogen) atoms. The monoisotopic (exact) mass is 376 g/mol. The van der Waals surface area contributed by atoms with Gasteiger partial charge in [-0.25, -0.2) is 8.42 Å². The van der Waals surface area contributed by atoms with Crippen molar-refractivity contribution in [3.63, 3.8) is 0 Å². The molecule has 2 N–H and O–H groups in total. The van der Waals surface area contributed by atoms with Crippen LogP contribution in [0, 0.1) is 0 Å². The standard InChI is InChI=1S/C18H20N2O3S2/c1-3-13-4-6-14(7-5-13)20-25(22,23)15-8-9-17-16(11-15)19-18(21)10-12(2)24-17/h4-9,11-12,20H,3,10H2,1-2H3,(H,19,21). The first-order valence-electron chi connectivity index (χ1n) is 8.09. The van der Waals surface area contributed by atoms with Gasteiger partial charge in [0, 0.05) is 22.3 Å². The first-order valence-corrected chi connectivity index (χ1v) is 10.5. The van der Waals surface area contributed by atoms with Crippen molar-refractivity contribution in [3.8, 4) is 0 Å². The molecule has 0 saturated carbocycles. The predicted octanol–water partition coefficient (Wildman–Crippen LogP) is 3.87. The summed E-state index contributed by atoms with van der Waals surface area (Å²) in [5.41, 5.74) is 2.20. The van der Waals surface area contributed by atoms with Crippen molar-refractivity contribution in [3.05, 3.63) is 48.0 Å². The maximum atomic E-state index is 12.6. The van der Waals surface area contributed by atoms with Gasteiger partial charge in [-0.1, -0.05) is 26.0 Å². The van der Waals surface area contributed by atoms with Crippen molar-refractivity contribution in [2.75, 3.05) is 10.0 Å². The van der Waals surface area contributed by atoms with Gasteiger partial charge in [0.2, 0.25) is 5.91 Å². The Balaban J connectivity index is 1.88. The second-order valence-electron chi connectivity index (χ2n) is 5.99. The number of carbonyl (C=O) groups is 1. The zero-order valence-corrected chi connectivity index (χ0v) is 15.7. The minimum Gasteiger partial charge on any atom is -0.325 e. The Morgan fingerprint density at radius 3 is 2.60 bits per heavy atom. The summed E-state index contributed by atoms with van der Waals surface area (Å²) in [5.74, 6) is -0.101. The molecule has 1 atom stereocenters. The fourth-order valence-corrected chi connectivity index (χ4v) is 4.76. The number of fused-ring (bicyclic) bond motifs is 1. The summed E-state index contributed by atoms with van der Waals surface area (Å²) < 4.78 is 27.9. The lowest BCUT2D eigenvalue weighted by atomic mass is 10.2. The lowest BCUT2D eigenvalue weighted by Crippen LogP contribution is -2.15. The van der Waals surface area contributed by atoms with E-state index >= 15 is 0 Å². The van der Waals surface area contributed by atoms with Crippen molar-refractivity contribution in [2.24, 2.45) is 0 Å². The van der Waals surface area contributed by atoms with Crippen LogP contribution in [0.5, 0.6) is 0 Å². The number of sulfonamides is 1. The van der Waals surface area contributed by atoms with Gasteiger partial charge < -0.3 is 5.32 Å². The molecule has 1 aliphatic rings. The highest BCUT2D eigenvalue weighted by molar-refractivity contribution is 8.00. The van der Waals surface area contributed by atoms with Gasteiger partial charge in [0.05, 0.1) is 10.6 Å². The number of rotatable bonds is 4. The number of anilines is 2. The number of benzene rings is 2. The Kier molecular flexibility index (Phi) is 5.06. The van der Waals surface area contributed by atoms with E-state index in [-0.39, 0.29) is 16.1 Å². The minimum atomic E-state index is -3.72. The van der Waals surface area contributed by atoms with Crippen molar-refractivity contribution >= 4 is 39.1 Å². The average Bonchev–Trinajstić information content (AvgIpc) is 2.70. The highest BCUT2D eigenvalue weighted by Crippen LogP contribution is 2.36. The second kappa shape index (κ2) is 7.09. The molecule has 7 heteroatoms. The number of thioether (sulfide) groups is 1. The lowest BCUT2D eigenvalue weighted by molar-refractivity contribution is -0.116. The van der Waals surface area contributed by atoms with E-state index in [4.69, 9.17) is 0 Å². The number of hydrogen-bond acceptors (Lipinski definition) is 4. The zero-order valence-electron chi connectivity index (χ0n) is 14.1. The summed E-state index contributed by atoms with van der Waals surface area (Å²) in [7, 11) is -3.72. The zero-order chi connectivity index (χ0) is 18.0. The van der Waals surface area contributed by atoms with Gasteiger partial charge in [0.25, 0.3) is 10.0 Å². The van der Waals surface area contributed by atoms with E-state index in [0.29, 0.717) is 17.8 Å². The molecular formula is C18H20N2O3S2. The van der Waals surface area contributed by atoms with Gasteiger partial charge in [-0.2, -0.15) is 0 Å². The summed E-state index contributed by atoms with van der Waals surface area (Å²) in [5, 5.41) is 2.94. The van der Waals surface area contributed by atoms with Crippen LogP contribution >= 0.6 is 11.8 Å². The first kappa shape index (κ1) is 17.8. The molecule has 0 saturated heterocycles. The Morgan fingerprint density at radius 2 is 1.92 bits per heavy atom. The highest BCUT2D eigenvalue weighted by Gasteiger charge is 2.22. The summed E-state index contributed by atoms with van der Waals surface area (Å²) in [6.45, 7) is 4.02. The summed E-state index contributed by atoms with van der Waals surface area (Å²) in [4.78, 5) is 12.9. The van der Waals surface area contributed by atoms with Crippen LogP contribution in [-0.4, -0.2) is 19.6 Å². The van der Waals surface area contributed by atoms with E-state index < -0.39 is 10.0 Å². The SMILES string of the molecule is CCc1ccc(NS(=O)(=O)c2ccc3c(c2)NC(=O)CC(C)S3)cc1. The second-order valence-corrected chi connectivity index (χ2v) is 9.16. The van der Waals surface area contributed by atoms with Crippen molar-refractivity contribution in [1.29, 1.82) is 0 Å². The third-order valence-corrected chi connectivity index (χ3v) is 6.51. The van der Waals surface area contributed by atoms with Gasteiger partial charge in [-0.3, -0.25) is 9.52 Å². The molecule has 2 aromatic carbocycles. The van der Waals surface area contributed by atoms with E-state index in [0.717, 1.165) is 16.9 Å². The molecule has 1 unspecified atom stereocenters. The molecule has 2 aromatic rings. The van der Waals surface area contributed by atoms with Crippen LogP contribution in [0.2, 0.25) is 0 Å². The first-order chi connectivity index (χ1) is 11.9. The topological polar surface area (TPSA) is 75.3 Å². The molecule has 1 heterocycles. The number of hydrogen-bond donors (Lipinski definition) is 2. The van der Waals surface area contributed by atoms with Gasteiger partial charge in [-0.05, 0) is 42.3 Å². The Bertz CT molecular complexity index is 893. The molecule has 0 fully saturated rings. The number of carbonyl (C=O) groups excluding carboxylic acids is 1. The van der Waals surface area contributed by atoms with Gasteiger partial charge in [0.15, 0.2) is 0 Å². The normalized spacial score (nSPS) is 17.4. The molecule has 132 valence electrons. The van der Waals surface area contributed by atoms with E-state index in [1.54, 1.807) is 36.0 Å². The largest absolute Gasteiger partial charge is 0.325 e. The van der Waals surface area contributed by atoms with E-state index in [9.17, 15) is 13.2 Å². The van der Waals surface area contributed by atoms with Crippen LogP contribution in [0.4, 0.5) is 11.4 Å². The molecule has 1 amide bonds. The molecule has 0 aliphatic carbocycles. The van der Waals surface area contributed by atoms with Gasteiger partial charge in [-0.15, -0.1) is 11.8 Å². The minimum absolute atomic E-state index is 0.101. The smallest absolute Gasteiger partial charge is 0.261 e. The van der Waals surface area contributed by atoms with Crippen LogP contribution in [-0.2, 0) is 21.2 Å². The third kappa shape index (κ3) is 4.16. The number of nitrogens with one attached hydrogen (secondary N) is 2. The van der Waals surface area contributed by atoms with E-state index in [2.05, 4.69) is 10.0 Å².